The summed E-state index contributed by atoms with van der Waals surface area (Å²) in [5.74, 6) is -68.8. The number of fused-ring (bicyclic) bond motifs is 3. The maximum atomic E-state index is 14.0. The fraction of sp³-hybridized carbons (Fsp3) is 1.00. The highest BCUT2D eigenvalue weighted by atomic mass is 19.4. The predicted octanol–water partition coefficient (Wildman–Crippen LogP) is 5.51. The molecule has 0 aromatic heterocycles. The van der Waals surface area contributed by atoms with E-state index in [1.807, 2.05) is 0 Å². The van der Waals surface area contributed by atoms with Gasteiger partial charge in [-0.1, -0.05) is 0 Å². The third-order valence-corrected chi connectivity index (χ3v) is 4.57. The summed E-state index contributed by atoms with van der Waals surface area (Å²) in [7, 11) is 0. The molecule has 0 nitrogen and oxygen atoms in total. The van der Waals surface area contributed by atoms with Crippen LogP contribution < -0.4 is 0 Å². The lowest BCUT2D eigenvalue weighted by Gasteiger charge is -2.49. The smallest absolute Gasteiger partial charge is 0.223 e. The van der Waals surface area contributed by atoms with E-state index < -0.39 is 58.7 Å². The lowest BCUT2D eigenvalue weighted by Crippen LogP contribution is -2.83. The van der Waals surface area contributed by atoms with Crippen LogP contribution in [0.2, 0.25) is 0 Å². The molecular formula is C10F18. The Kier molecular flexibility index (Phi) is 3.75. The van der Waals surface area contributed by atoms with Gasteiger partial charge in [-0.05, 0) is 0 Å². The van der Waals surface area contributed by atoms with Gasteiger partial charge in [0.05, 0.1) is 0 Å². The summed E-state index contributed by atoms with van der Waals surface area (Å²) in [6.07, 6.45) is 0. The molecule has 166 valence electrons. The maximum Gasteiger partial charge on any atom is 0.379 e. The Morgan fingerprint density at radius 2 is 0.286 bits per heavy atom. The minimum absolute atomic E-state index is 8.50. The summed E-state index contributed by atoms with van der Waals surface area (Å²) in [6, 6.07) is 0. The second-order valence-electron chi connectivity index (χ2n) is 5.91. The molecule has 0 radical (unpaired) electrons. The van der Waals surface area contributed by atoms with E-state index in [1.54, 1.807) is 0 Å². The molecule has 0 aromatic rings. The molecule has 2 fully saturated rings. The molecule has 0 unspecified atom stereocenters. The highest BCUT2D eigenvalue weighted by Crippen LogP contribution is 2.80. The van der Waals surface area contributed by atoms with Gasteiger partial charge >= 0.3 is 58.7 Å². The van der Waals surface area contributed by atoms with E-state index in [0.29, 0.717) is 0 Å². The first-order valence-electron chi connectivity index (χ1n) is 6.15. The first kappa shape index (κ1) is 23.0. The van der Waals surface area contributed by atoms with Crippen LogP contribution in [0.15, 0.2) is 0 Å². The molecule has 2 bridgehead atoms. The second kappa shape index (κ2) is 4.57. The molecule has 2 aliphatic rings. The maximum absolute atomic E-state index is 14.0. The SMILES string of the molecule is FC1(F)C(F)(F)C2(F)C(F)(F)C(F)(F)C(F)(F)C(F)(C1(F)F)C(F)(F)C2(F)F. The van der Waals surface area contributed by atoms with Gasteiger partial charge in [0.25, 0.3) is 0 Å². The number of alkyl halides is 18. The second-order valence-corrected chi connectivity index (χ2v) is 5.91. The standard InChI is InChI=1S/C10F18/c11-1-3(13,14)4(15,16)2(12,7(21,22)9(25,26)5(1,17)18)8(23,24)10(27,28)6(1,19)20. The summed E-state index contributed by atoms with van der Waals surface area (Å²) < 4.78 is 243. The summed E-state index contributed by atoms with van der Waals surface area (Å²) in [6.45, 7) is 0. The van der Waals surface area contributed by atoms with Crippen molar-refractivity contribution < 1.29 is 79.0 Å². The Balaban J connectivity index is 3.39. The van der Waals surface area contributed by atoms with Gasteiger partial charge < -0.3 is 0 Å². The Labute approximate surface area is 139 Å². The van der Waals surface area contributed by atoms with Crippen LogP contribution >= 0.6 is 0 Å². The Bertz CT molecular complexity index is 603. The molecule has 18 heteroatoms. The third-order valence-electron chi connectivity index (χ3n) is 4.57. The fourth-order valence-electron chi connectivity index (χ4n) is 2.88. The topological polar surface area (TPSA) is 0 Å². The van der Waals surface area contributed by atoms with Crippen LogP contribution in [0.1, 0.15) is 0 Å². The molecule has 0 amide bonds. The van der Waals surface area contributed by atoms with Gasteiger partial charge in [-0.25, -0.2) is 8.78 Å². The van der Waals surface area contributed by atoms with Gasteiger partial charge in [0.15, 0.2) is 0 Å². The molecule has 2 rings (SSSR count). The van der Waals surface area contributed by atoms with Crippen molar-refractivity contribution in [3.8, 4) is 0 Å². The van der Waals surface area contributed by atoms with Gasteiger partial charge in [0.1, 0.15) is 0 Å². The average molecular weight is 462 g/mol. The highest BCUT2D eigenvalue weighted by Gasteiger charge is 3.14. The number of hydrogen-bond donors (Lipinski definition) is 0. The van der Waals surface area contributed by atoms with Crippen molar-refractivity contribution in [1.29, 1.82) is 0 Å². The minimum atomic E-state index is -8.82. The third kappa shape index (κ3) is 1.46. The molecule has 28 heavy (non-hydrogen) atoms. The van der Waals surface area contributed by atoms with E-state index in [0.717, 1.165) is 0 Å². The van der Waals surface area contributed by atoms with Crippen molar-refractivity contribution in [3.05, 3.63) is 0 Å². The van der Waals surface area contributed by atoms with E-state index in [9.17, 15) is 79.0 Å². The average Bonchev–Trinajstić information content (AvgIpc) is 2.50. The first-order valence-corrected chi connectivity index (χ1v) is 6.15. The van der Waals surface area contributed by atoms with Gasteiger partial charge in [-0.15, -0.1) is 0 Å². The summed E-state index contributed by atoms with van der Waals surface area (Å²) in [5.41, 5.74) is -17.6. The van der Waals surface area contributed by atoms with Crippen molar-refractivity contribution in [2.45, 2.75) is 58.7 Å². The molecule has 0 aromatic carbocycles. The van der Waals surface area contributed by atoms with Gasteiger partial charge in [0.2, 0.25) is 0 Å². The molecule has 0 heterocycles. The van der Waals surface area contributed by atoms with Crippen LogP contribution in [0, 0.1) is 0 Å². The first-order chi connectivity index (χ1) is 11.8. The van der Waals surface area contributed by atoms with Crippen LogP contribution in [0.5, 0.6) is 0 Å². The molecule has 0 aliphatic heterocycles. The van der Waals surface area contributed by atoms with Gasteiger partial charge in [-0.3, -0.25) is 0 Å². The Morgan fingerprint density at radius 3 is 0.429 bits per heavy atom. The highest BCUT2D eigenvalue weighted by molar-refractivity contribution is 5.40. The van der Waals surface area contributed by atoms with E-state index in [1.165, 1.54) is 0 Å². The van der Waals surface area contributed by atoms with Crippen LogP contribution in [0.25, 0.3) is 0 Å². The zero-order chi connectivity index (χ0) is 23.0. The van der Waals surface area contributed by atoms with Crippen molar-refractivity contribution in [3.63, 3.8) is 0 Å². The van der Waals surface area contributed by atoms with Gasteiger partial charge in [-0.2, -0.15) is 70.2 Å². The van der Waals surface area contributed by atoms with E-state index in [4.69, 9.17) is 0 Å². The molecule has 0 saturated heterocycles. The molecular weight excluding hydrogens is 462 g/mol. The Morgan fingerprint density at radius 1 is 0.179 bits per heavy atom. The van der Waals surface area contributed by atoms with Crippen molar-refractivity contribution in [2.75, 3.05) is 0 Å². The van der Waals surface area contributed by atoms with Crippen molar-refractivity contribution in [2.24, 2.45) is 0 Å². The summed E-state index contributed by atoms with van der Waals surface area (Å²) >= 11 is 0. The largest absolute Gasteiger partial charge is 0.379 e. The molecule has 0 spiro atoms. The fourth-order valence-corrected chi connectivity index (χ4v) is 2.88. The monoisotopic (exact) mass is 462 g/mol. The quantitative estimate of drug-likeness (QED) is 0.417. The molecule has 0 atom stereocenters. The Hall–Kier alpha value is -1.26. The zero-order valence-electron chi connectivity index (χ0n) is 11.8. The van der Waals surface area contributed by atoms with E-state index >= 15 is 0 Å². The zero-order valence-corrected chi connectivity index (χ0v) is 11.8. The molecule has 2 aliphatic carbocycles. The van der Waals surface area contributed by atoms with E-state index in [-0.39, 0.29) is 0 Å². The summed E-state index contributed by atoms with van der Waals surface area (Å²) in [5, 5.41) is 0. The number of rotatable bonds is 0. The number of halogens is 18. The van der Waals surface area contributed by atoms with Crippen molar-refractivity contribution in [1.82, 2.24) is 0 Å². The van der Waals surface area contributed by atoms with Crippen LogP contribution in [-0.2, 0) is 0 Å². The predicted molar refractivity (Wildman–Crippen MR) is 47.3 cm³/mol. The van der Waals surface area contributed by atoms with Crippen molar-refractivity contribution >= 4 is 0 Å². The van der Waals surface area contributed by atoms with Gasteiger partial charge in [0, 0.05) is 0 Å². The lowest BCUT2D eigenvalue weighted by atomic mass is 9.74. The van der Waals surface area contributed by atoms with E-state index in [2.05, 4.69) is 0 Å². The van der Waals surface area contributed by atoms with Crippen LogP contribution in [0.4, 0.5) is 79.0 Å². The summed E-state index contributed by atoms with van der Waals surface area (Å²) in [4.78, 5) is 0. The van der Waals surface area contributed by atoms with Crippen LogP contribution in [-0.4, -0.2) is 58.7 Å². The molecule has 2 saturated carbocycles. The normalized spacial score (nSPS) is 43.1. The number of hydrogen-bond acceptors (Lipinski definition) is 0. The van der Waals surface area contributed by atoms with Crippen LogP contribution in [0.3, 0.4) is 0 Å². The molecule has 0 N–H and O–H groups in total. The minimum Gasteiger partial charge on any atom is -0.223 e. The lowest BCUT2D eigenvalue weighted by molar-refractivity contribution is -0.468.